The molecule has 0 radical (unpaired) electrons. The number of thiophene rings is 1. The van der Waals surface area contributed by atoms with Gasteiger partial charge in [-0.25, -0.2) is 0 Å². The summed E-state index contributed by atoms with van der Waals surface area (Å²) < 4.78 is 0.965. The van der Waals surface area contributed by atoms with E-state index in [0.29, 0.717) is 17.1 Å². The molecule has 3 rings (SSSR count). The highest BCUT2D eigenvalue weighted by Gasteiger charge is 2.34. The van der Waals surface area contributed by atoms with Crippen molar-refractivity contribution < 1.29 is 4.79 Å². The molecular formula is C15H20N4OS. The summed E-state index contributed by atoms with van der Waals surface area (Å²) in [7, 11) is 2.10. The molecule has 0 aliphatic carbocycles. The Morgan fingerprint density at radius 1 is 1.43 bits per heavy atom. The highest BCUT2D eigenvalue weighted by atomic mass is 32.1. The smallest absolute Gasteiger partial charge is 0.266 e. The minimum atomic E-state index is -0.0163. The molecule has 1 aliphatic heterocycles. The van der Waals surface area contributed by atoms with Crippen LogP contribution in [-0.2, 0) is 0 Å². The van der Waals surface area contributed by atoms with Crippen LogP contribution in [0.5, 0.6) is 0 Å². The first-order valence-electron chi connectivity index (χ1n) is 7.03. The molecule has 2 aromatic heterocycles. The maximum Gasteiger partial charge on any atom is 0.266 e. The Balaban J connectivity index is 1.92. The molecule has 0 bridgehead atoms. The van der Waals surface area contributed by atoms with Gasteiger partial charge in [0.25, 0.3) is 5.91 Å². The zero-order chi connectivity index (χ0) is 15.2. The van der Waals surface area contributed by atoms with E-state index in [-0.39, 0.29) is 11.4 Å². The summed E-state index contributed by atoms with van der Waals surface area (Å²) in [6.45, 7) is 6.63. The van der Waals surface area contributed by atoms with Gasteiger partial charge in [0.15, 0.2) is 0 Å². The van der Waals surface area contributed by atoms with Crippen LogP contribution in [-0.4, -0.2) is 52.9 Å². The van der Waals surface area contributed by atoms with Gasteiger partial charge in [0.2, 0.25) is 0 Å². The van der Waals surface area contributed by atoms with Gasteiger partial charge in [0, 0.05) is 31.4 Å². The third-order valence-corrected chi connectivity index (χ3v) is 5.43. The lowest BCUT2D eigenvalue weighted by molar-refractivity contribution is 0.0315. The average Bonchev–Trinajstić information content (AvgIpc) is 2.79. The van der Waals surface area contributed by atoms with E-state index in [0.717, 1.165) is 23.3 Å². The molecule has 3 heterocycles. The Labute approximate surface area is 128 Å². The quantitative estimate of drug-likeness (QED) is 0.876. The van der Waals surface area contributed by atoms with Crippen LogP contribution in [0.4, 0.5) is 5.69 Å². The largest absolute Gasteiger partial charge is 0.396 e. The third-order valence-electron chi connectivity index (χ3n) is 4.28. The first-order valence-corrected chi connectivity index (χ1v) is 7.85. The van der Waals surface area contributed by atoms with Gasteiger partial charge in [-0.2, -0.15) is 0 Å². The number of hydrogen-bond donors (Lipinski definition) is 1. The van der Waals surface area contributed by atoms with E-state index in [1.165, 1.54) is 11.3 Å². The number of rotatable bonds is 1. The summed E-state index contributed by atoms with van der Waals surface area (Å²) in [4.78, 5) is 21.9. The normalized spacial score (nSPS) is 19.1. The van der Waals surface area contributed by atoms with Crippen LogP contribution >= 0.6 is 11.3 Å². The predicted octanol–water partition coefficient (Wildman–Crippen LogP) is 2.04. The van der Waals surface area contributed by atoms with Gasteiger partial charge in [-0.1, -0.05) is 0 Å². The molecule has 5 nitrogen and oxygen atoms in total. The van der Waals surface area contributed by atoms with Gasteiger partial charge in [-0.05, 0) is 33.0 Å². The summed E-state index contributed by atoms with van der Waals surface area (Å²) in [5.41, 5.74) is 7.36. The number of carbonyl (C=O) groups is 1. The number of nitrogen functional groups attached to an aromatic ring is 1. The molecule has 112 valence electrons. The van der Waals surface area contributed by atoms with Crippen molar-refractivity contribution >= 4 is 33.1 Å². The number of pyridine rings is 1. The van der Waals surface area contributed by atoms with Crippen LogP contribution in [0.2, 0.25) is 0 Å². The molecule has 1 saturated heterocycles. The molecule has 0 spiro atoms. The fraction of sp³-hybridized carbons (Fsp3) is 0.467. The fourth-order valence-corrected chi connectivity index (χ4v) is 3.71. The van der Waals surface area contributed by atoms with Crippen LogP contribution in [0.25, 0.3) is 10.2 Å². The lowest BCUT2D eigenvalue weighted by atomic mass is 9.99. The Bertz CT molecular complexity index is 694. The van der Waals surface area contributed by atoms with Crippen LogP contribution in [0, 0.1) is 0 Å². The number of nitrogens with two attached hydrogens (primary N) is 1. The number of aromatic nitrogens is 1. The van der Waals surface area contributed by atoms with Crippen molar-refractivity contribution in [3.63, 3.8) is 0 Å². The summed E-state index contributed by atoms with van der Waals surface area (Å²) in [6, 6.07) is 3.82. The molecule has 2 aromatic rings. The maximum absolute atomic E-state index is 12.8. The lowest BCUT2D eigenvalue weighted by Gasteiger charge is -2.45. The Hall–Kier alpha value is -1.66. The summed E-state index contributed by atoms with van der Waals surface area (Å²) in [6.07, 6.45) is 1.71. The van der Waals surface area contributed by atoms with Gasteiger partial charge in [0.1, 0.15) is 10.4 Å². The van der Waals surface area contributed by atoms with Gasteiger partial charge in [-0.15, -0.1) is 11.3 Å². The molecular weight excluding hydrogens is 284 g/mol. The number of nitrogens with zero attached hydrogens (tertiary/aromatic N) is 3. The number of fused-ring (bicyclic) bond motifs is 1. The zero-order valence-electron chi connectivity index (χ0n) is 12.6. The predicted molar refractivity (Wildman–Crippen MR) is 86.6 cm³/mol. The fourth-order valence-electron chi connectivity index (χ4n) is 2.66. The summed E-state index contributed by atoms with van der Waals surface area (Å²) in [5, 5.41) is 0. The topological polar surface area (TPSA) is 62.5 Å². The number of piperazine rings is 1. The van der Waals surface area contributed by atoms with Crippen LogP contribution in [0.15, 0.2) is 18.3 Å². The Kier molecular flexibility index (Phi) is 3.37. The van der Waals surface area contributed by atoms with Crippen LogP contribution in [0.1, 0.15) is 23.5 Å². The van der Waals surface area contributed by atoms with E-state index in [9.17, 15) is 4.79 Å². The highest BCUT2D eigenvalue weighted by molar-refractivity contribution is 7.21. The monoisotopic (exact) mass is 304 g/mol. The van der Waals surface area contributed by atoms with Crippen molar-refractivity contribution in [1.29, 1.82) is 0 Å². The highest BCUT2D eigenvalue weighted by Crippen LogP contribution is 2.33. The first kappa shape index (κ1) is 14.3. The van der Waals surface area contributed by atoms with Crippen molar-refractivity contribution in [3.05, 3.63) is 23.2 Å². The molecule has 1 fully saturated rings. The van der Waals surface area contributed by atoms with E-state index in [1.54, 1.807) is 6.20 Å². The van der Waals surface area contributed by atoms with Gasteiger partial charge in [0.05, 0.1) is 10.4 Å². The van der Waals surface area contributed by atoms with Gasteiger partial charge < -0.3 is 10.6 Å². The second-order valence-electron chi connectivity index (χ2n) is 6.16. The van der Waals surface area contributed by atoms with E-state index >= 15 is 0 Å². The molecule has 1 aliphatic rings. The second-order valence-corrected chi connectivity index (χ2v) is 7.21. The van der Waals surface area contributed by atoms with E-state index in [2.05, 4.69) is 30.8 Å². The summed E-state index contributed by atoms with van der Waals surface area (Å²) >= 11 is 1.43. The maximum atomic E-state index is 12.8. The third kappa shape index (κ3) is 2.38. The molecule has 0 atom stereocenters. The molecule has 2 N–H and O–H groups in total. The number of anilines is 1. The minimum Gasteiger partial charge on any atom is -0.396 e. The van der Waals surface area contributed by atoms with Crippen molar-refractivity contribution in [2.24, 2.45) is 0 Å². The Morgan fingerprint density at radius 3 is 2.86 bits per heavy atom. The van der Waals surface area contributed by atoms with E-state index in [4.69, 9.17) is 5.73 Å². The van der Waals surface area contributed by atoms with Crippen LogP contribution < -0.4 is 5.73 Å². The average molecular weight is 304 g/mol. The van der Waals surface area contributed by atoms with Crippen molar-refractivity contribution in [1.82, 2.24) is 14.8 Å². The standard InChI is InChI=1S/C15H20N4OS/c1-15(2)9-19(8-7-18(15)3)14(20)13-11(16)12-10(21-13)5-4-6-17-12/h4-6H,7-9,16H2,1-3H3. The molecule has 21 heavy (non-hydrogen) atoms. The molecule has 0 saturated carbocycles. The van der Waals surface area contributed by atoms with Gasteiger partial charge in [-0.3, -0.25) is 14.7 Å². The number of amides is 1. The number of likely N-dealkylation sites (N-methyl/N-ethyl adjacent to an activating group) is 1. The number of hydrogen-bond acceptors (Lipinski definition) is 5. The lowest BCUT2D eigenvalue weighted by Crippen LogP contribution is -2.58. The molecule has 0 unspecified atom stereocenters. The van der Waals surface area contributed by atoms with E-state index in [1.807, 2.05) is 17.0 Å². The number of carbonyl (C=O) groups excluding carboxylic acids is 1. The van der Waals surface area contributed by atoms with Gasteiger partial charge >= 0.3 is 0 Å². The molecule has 1 amide bonds. The Morgan fingerprint density at radius 2 is 2.19 bits per heavy atom. The van der Waals surface area contributed by atoms with Crippen molar-refractivity contribution in [3.8, 4) is 0 Å². The molecule has 6 heteroatoms. The first-order chi connectivity index (χ1) is 9.90. The molecule has 0 aromatic carbocycles. The SMILES string of the molecule is CN1CCN(C(=O)c2sc3cccnc3c2N)CC1(C)C. The minimum absolute atomic E-state index is 0.0163. The summed E-state index contributed by atoms with van der Waals surface area (Å²) in [5.74, 6) is 0.0247. The zero-order valence-corrected chi connectivity index (χ0v) is 13.4. The van der Waals surface area contributed by atoms with E-state index < -0.39 is 0 Å². The van der Waals surface area contributed by atoms with Crippen LogP contribution in [0.3, 0.4) is 0 Å². The van der Waals surface area contributed by atoms with Crippen molar-refractivity contribution in [2.75, 3.05) is 32.4 Å². The second kappa shape index (κ2) is 4.96. The van der Waals surface area contributed by atoms with Crippen molar-refractivity contribution in [2.45, 2.75) is 19.4 Å².